The van der Waals surface area contributed by atoms with Gasteiger partial charge >= 0.3 is 18.1 Å². The summed E-state index contributed by atoms with van der Waals surface area (Å²) < 4.78 is 48.8. The predicted octanol–water partition coefficient (Wildman–Crippen LogP) is 3.13. The molecule has 1 aromatic carbocycles. The molecule has 8 nitrogen and oxygen atoms in total. The third-order valence-electron chi connectivity index (χ3n) is 6.12. The summed E-state index contributed by atoms with van der Waals surface area (Å²) in [5, 5.41) is 16.7. The molecule has 0 unspecified atom stereocenters. The number of aromatic carboxylic acids is 1. The number of halogens is 4. The summed E-state index contributed by atoms with van der Waals surface area (Å²) in [7, 11) is 0. The minimum atomic E-state index is -5.08. The summed E-state index contributed by atoms with van der Waals surface area (Å²) in [5.74, 6) is -4.54. The number of anilines is 1. The highest BCUT2D eigenvalue weighted by Gasteiger charge is 2.38. The van der Waals surface area contributed by atoms with Crippen molar-refractivity contribution in [3.8, 4) is 0 Å². The van der Waals surface area contributed by atoms with Gasteiger partial charge in [0.05, 0.1) is 16.6 Å². The molecule has 5 rings (SSSR count). The van der Waals surface area contributed by atoms with Gasteiger partial charge in [0.25, 0.3) is 0 Å². The summed E-state index contributed by atoms with van der Waals surface area (Å²) in [6.45, 7) is 0.572. The summed E-state index contributed by atoms with van der Waals surface area (Å²) in [6.07, 6.45) is 3.64. The van der Waals surface area contributed by atoms with E-state index in [-0.39, 0.29) is 29.1 Å². The Kier molecular flexibility index (Phi) is 5.88. The molecule has 0 radical (unpaired) electrons. The Bertz CT molecular complexity index is 1270. The number of fused-ring (bicyclic) bond motifs is 5. The Morgan fingerprint density at radius 2 is 1.79 bits per heavy atom. The first-order valence-electron chi connectivity index (χ1n) is 10.5. The molecular weight excluding hydrogens is 462 g/mol. The number of pyridine rings is 1. The van der Waals surface area contributed by atoms with Crippen molar-refractivity contribution in [2.24, 2.45) is 5.73 Å². The molecule has 12 heteroatoms. The first-order chi connectivity index (χ1) is 15.9. The van der Waals surface area contributed by atoms with Crippen molar-refractivity contribution < 1.29 is 37.4 Å². The monoisotopic (exact) mass is 483 g/mol. The number of rotatable bonds is 2. The van der Waals surface area contributed by atoms with Gasteiger partial charge in [-0.2, -0.15) is 13.2 Å². The highest BCUT2D eigenvalue weighted by Crippen LogP contribution is 2.43. The lowest BCUT2D eigenvalue weighted by Crippen LogP contribution is -2.31. The van der Waals surface area contributed by atoms with E-state index in [1.165, 1.54) is 12.3 Å². The van der Waals surface area contributed by atoms with Crippen molar-refractivity contribution >= 4 is 34.6 Å². The molecule has 2 atom stereocenters. The molecule has 0 bridgehead atoms. The Morgan fingerprint density at radius 3 is 2.35 bits per heavy atom. The zero-order valence-electron chi connectivity index (χ0n) is 17.7. The van der Waals surface area contributed by atoms with Crippen LogP contribution in [0.4, 0.5) is 23.2 Å². The molecular formula is C22H21F4N3O5. The topological polar surface area (TPSA) is 126 Å². The number of hydrogen-bond acceptors (Lipinski definition) is 5. The number of aliphatic carboxylic acids is 1. The van der Waals surface area contributed by atoms with Crippen LogP contribution < -0.4 is 16.1 Å². The van der Waals surface area contributed by atoms with Crippen LogP contribution in [0.25, 0.3) is 17.0 Å². The Labute approximate surface area is 189 Å². The van der Waals surface area contributed by atoms with Crippen LogP contribution in [-0.4, -0.2) is 51.5 Å². The standard InChI is InChI=1S/C20H20FN3O3.C2HF3O2/c21-16-7-14-17(24(11-4-5-11)9-15(19(14)25)20(26)27)13-3-1-2-12-6-10(22)8-23(12)18(13)16;3-2(4,5)1(6)7/h1,3,7,9-12H,2,4-6,8,22H2,(H,26,27);(H,6,7)/t10-,12-;/m1./s1. The number of alkyl halides is 3. The third-order valence-corrected chi connectivity index (χ3v) is 6.12. The number of carboxylic acid groups (broad SMARTS) is 2. The van der Waals surface area contributed by atoms with Crippen LogP contribution in [0.5, 0.6) is 0 Å². The van der Waals surface area contributed by atoms with Gasteiger partial charge in [0.1, 0.15) is 11.4 Å². The predicted molar refractivity (Wildman–Crippen MR) is 114 cm³/mol. The lowest BCUT2D eigenvalue weighted by Gasteiger charge is -2.27. The van der Waals surface area contributed by atoms with Gasteiger partial charge in [-0.3, -0.25) is 4.79 Å². The number of benzene rings is 1. The number of hydrogen-bond donors (Lipinski definition) is 3. The molecule has 4 N–H and O–H groups in total. The normalized spacial score (nSPS) is 21.4. The van der Waals surface area contributed by atoms with Crippen molar-refractivity contribution in [3.63, 3.8) is 0 Å². The maximum Gasteiger partial charge on any atom is 0.490 e. The fraction of sp³-hybridized carbons (Fsp3) is 0.409. The van der Waals surface area contributed by atoms with E-state index in [1.54, 1.807) is 0 Å². The number of carbonyl (C=O) groups is 2. The molecule has 0 spiro atoms. The molecule has 1 saturated heterocycles. The van der Waals surface area contributed by atoms with Crippen LogP contribution in [0.1, 0.15) is 47.6 Å². The molecule has 34 heavy (non-hydrogen) atoms. The highest BCUT2D eigenvalue weighted by atomic mass is 19.4. The molecule has 3 aliphatic rings. The summed E-state index contributed by atoms with van der Waals surface area (Å²) in [4.78, 5) is 35.2. The number of nitrogens with two attached hydrogens (primary N) is 1. The van der Waals surface area contributed by atoms with E-state index in [4.69, 9.17) is 15.6 Å². The smallest absolute Gasteiger partial charge is 0.477 e. The molecule has 2 fully saturated rings. The summed E-state index contributed by atoms with van der Waals surface area (Å²) >= 11 is 0. The van der Waals surface area contributed by atoms with Crippen LogP contribution in [0.15, 0.2) is 23.1 Å². The molecule has 0 amide bonds. The lowest BCUT2D eigenvalue weighted by molar-refractivity contribution is -0.192. The van der Waals surface area contributed by atoms with E-state index in [0.29, 0.717) is 23.3 Å². The Balaban J connectivity index is 0.000000344. The van der Waals surface area contributed by atoms with E-state index in [2.05, 4.69) is 0 Å². The average Bonchev–Trinajstić information content (AvgIpc) is 3.53. The molecule has 3 heterocycles. The van der Waals surface area contributed by atoms with Crippen molar-refractivity contribution in [1.29, 1.82) is 0 Å². The van der Waals surface area contributed by atoms with E-state index >= 15 is 4.39 Å². The van der Waals surface area contributed by atoms with Crippen molar-refractivity contribution in [2.75, 3.05) is 11.4 Å². The Hall–Kier alpha value is -3.41. The second-order valence-electron chi connectivity index (χ2n) is 8.58. The van der Waals surface area contributed by atoms with Crippen molar-refractivity contribution in [3.05, 3.63) is 45.5 Å². The third kappa shape index (κ3) is 4.25. The zero-order chi connectivity index (χ0) is 24.9. The van der Waals surface area contributed by atoms with Crippen LogP contribution in [0.3, 0.4) is 0 Å². The first-order valence-corrected chi connectivity index (χ1v) is 10.5. The maximum absolute atomic E-state index is 15.2. The molecule has 2 aromatic rings. The fourth-order valence-electron chi connectivity index (χ4n) is 4.54. The second-order valence-corrected chi connectivity index (χ2v) is 8.58. The van der Waals surface area contributed by atoms with Crippen molar-refractivity contribution in [1.82, 2.24) is 4.57 Å². The molecule has 1 aliphatic carbocycles. The van der Waals surface area contributed by atoms with Gasteiger partial charge in [-0.05, 0) is 31.7 Å². The summed E-state index contributed by atoms with van der Waals surface area (Å²) in [6, 6.07) is 1.49. The van der Waals surface area contributed by atoms with Gasteiger partial charge in [0.2, 0.25) is 5.43 Å². The van der Waals surface area contributed by atoms with Gasteiger partial charge in [0.15, 0.2) is 0 Å². The Morgan fingerprint density at radius 1 is 1.15 bits per heavy atom. The molecule has 1 aromatic heterocycles. The van der Waals surface area contributed by atoms with Crippen LogP contribution >= 0.6 is 0 Å². The number of aromatic nitrogens is 1. The van der Waals surface area contributed by atoms with Gasteiger partial charge < -0.3 is 25.4 Å². The van der Waals surface area contributed by atoms with E-state index in [0.717, 1.165) is 25.7 Å². The van der Waals surface area contributed by atoms with Crippen LogP contribution in [-0.2, 0) is 4.79 Å². The SMILES string of the molecule is N[C@@H]1C[C@H]2CC=Cc3c(c(F)cc4c(=O)c(C(=O)O)cn(C5CC5)c34)N2C1.O=C(O)C(F)(F)F. The van der Waals surface area contributed by atoms with Gasteiger partial charge in [-0.15, -0.1) is 0 Å². The largest absolute Gasteiger partial charge is 0.490 e. The highest BCUT2D eigenvalue weighted by molar-refractivity contribution is 5.98. The van der Waals surface area contributed by atoms with Crippen LogP contribution in [0, 0.1) is 5.82 Å². The van der Waals surface area contributed by atoms with E-state index in [1.807, 2.05) is 21.6 Å². The van der Waals surface area contributed by atoms with Gasteiger partial charge in [0, 0.05) is 36.4 Å². The van der Waals surface area contributed by atoms with E-state index < -0.39 is 29.4 Å². The average molecular weight is 483 g/mol. The second kappa shape index (κ2) is 8.42. The quantitative estimate of drug-likeness (QED) is 0.561. The van der Waals surface area contributed by atoms with E-state index in [9.17, 15) is 27.9 Å². The van der Waals surface area contributed by atoms with Gasteiger partial charge in [-0.1, -0.05) is 12.2 Å². The lowest BCUT2D eigenvalue weighted by atomic mass is 10.0. The number of nitrogens with zero attached hydrogens (tertiary/aromatic N) is 2. The molecule has 1 saturated carbocycles. The maximum atomic E-state index is 15.2. The summed E-state index contributed by atoms with van der Waals surface area (Å²) in [5.41, 5.74) is 6.93. The van der Waals surface area contributed by atoms with Crippen molar-refractivity contribution in [2.45, 2.75) is 50.0 Å². The molecule has 2 aliphatic heterocycles. The first kappa shape index (κ1) is 23.7. The fourth-order valence-corrected chi connectivity index (χ4v) is 4.54. The number of carboxylic acids is 2. The van der Waals surface area contributed by atoms with Gasteiger partial charge in [-0.25, -0.2) is 14.0 Å². The van der Waals surface area contributed by atoms with Crippen LogP contribution in [0.2, 0.25) is 0 Å². The molecule has 182 valence electrons. The zero-order valence-corrected chi connectivity index (χ0v) is 17.7. The minimum Gasteiger partial charge on any atom is -0.477 e. The minimum absolute atomic E-state index is 0.00976.